The number of benzene rings is 1. The summed E-state index contributed by atoms with van der Waals surface area (Å²) in [6, 6.07) is 8.17. The highest BCUT2D eigenvalue weighted by atomic mass is 19.4. The van der Waals surface area contributed by atoms with Gasteiger partial charge < -0.3 is 81.6 Å². The molecule has 3 unspecified atom stereocenters. The number of nitrogens with two attached hydrogens (primary N) is 1. The lowest BCUT2D eigenvalue weighted by Crippen LogP contribution is -2.65. The highest BCUT2D eigenvalue weighted by Crippen LogP contribution is 2.64. The Morgan fingerprint density at radius 3 is 1.82 bits per heavy atom. The van der Waals surface area contributed by atoms with Gasteiger partial charge in [-0.15, -0.1) is 0 Å². The second kappa shape index (κ2) is 22.7. The van der Waals surface area contributed by atoms with Crippen molar-refractivity contribution in [1.82, 2.24) is 15.1 Å². The van der Waals surface area contributed by atoms with Gasteiger partial charge in [-0.2, -0.15) is 18.4 Å². The van der Waals surface area contributed by atoms with E-state index in [1.807, 2.05) is 0 Å². The lowest BCUT2D eigenvalue weighted by molar-refractivity contribution is -0.203. The number of alkyl halides is 3. The number of alkyl carbamates (subject to hydrolysis) is 1. The van der Waals surface area contributed by atoms with Crippen LogP contribution >= 0.6 is 0 Å². The Labute approximate surface area is 384 Å². The zero-order valence-electron chi connectivity index (χ0n) is 36.7. The van der Waals surface area contributed by atoms with E-state index in [9.17, 15) is 68.9 Å². The minimum absolute atomic E-state index is 0.00601. The van der Waals surface area contributed by atoms with Crippen LogP contribution in [-0.2, 0) is 32.2 Å². The first kappa shape index (κ1) is 54.1. The zero-order valence-corrected chi connectivity index (χ0v) is 36.7. The molecule has 1 heterocycles. The Balaban J connectivity index is 0.00000111. The van der Waals surface area contributed by atoms with E-state index in [4.69, 9.17) is 35.3 Å². The Bertz CT molecular complexity index is 1820. The highest BCUT2D eigenvalue weighted by molar-refractivity contribution is 5.84. The third-order valence-corrected chi connectivity index (χ3v) is 13.9. The van der Waals surface area contributed by atoms with Crippen molar-refractivity contribution in [2.24, 2.45) is 28.9 Å². The van der Waals surface area contributed by atoms with Gasteiger partial charge in [0.15, 0.2) is 0 Å². The summed E-state index contributed by atoms with van der Waals surface area (Å²) in [5.74, 6) is -1.64. The van der Waals surface area contributed by atoms with Gasteiger partial charge >= 0.3 is 18.2 Å². The summed E-state index contributed by atoms with van der Waals surface area (Å²) in [4.78, 5) is 38.5. The Hall–Kier alpha value is -3.81. The predicted octanol–water partition coefficient (Wildman–Crippen LogP) is -2.58. The molecule has 2 amide bonds. The van der Waals surface area contributed by atoms with Crippen LogP contribution in [0.3, 0.4) is 0 Å². The number of aliphatic hydroxyl groups excluding tert-OH is 10. The third kappa shape index (κ3) is 13.5. The van der Waals surface area contributed by atoms with Crippen molar-refractivity contribution in [1.29, 1.82) is 5.26 Å². The quantitative estimate of drug-likeness (QED) is 0.0531. The number of hydrogen-bond acceptors (Lipinski definition) is 18. The van der Waals surface area contributed by atoms with E-state index in [1.54, 1.807) is 29.2 Å². The molecule has 5 aliphatic carbocycles. The number of rotatable bonds is 22. The molecule has 378 valence electrons. The maximum atomic E-state index is 13.8. The van der Waals surface area contributed by atoms with Crippen LogP contribution in [0.5, 0.6) is 0 Å². The second-order valence-electron chi connectivity index (χ2n) is 18.9. The Morgan fingerprint density at radius 2 is 1.33 bits per heavy atom. The molecular weight excluding hydrogens is 899 g/mol. The summed E-state index contributed by atoms with van der Waals surface area (Å²) in [6.07, 6.45) is -13.3. The van der Waals surface area contributed by atoms with E-state index >= 15 is 0 Å². The van der Waals surface area contributed by atoms with Crippen molar-refractivity contribution in [3.8, 4) is 6.07 Å². The average molecular weight is 964 g/mol. The Morgan fingerprint density at radius 1 is 0.821 bits per heavy atom. The maximum absolute atomic E-state index is 13.8. The highest BCUT2D eigenvalue weighted by Gasteiger charge is 2.63. The van der Waals surface area contributed by atoms with Crippen LogP contribution in [0, 0.1) is 34.5 Å². The van der Waals surface area contributed by atoms with Crippen molar-refractivity contribution in [3.05, 3.63) is 35.4 Å². The maximum Gasteiger partial charge on any atom is 0.490 e. The van der Waals surface area contributed by atoms with E-state index < -0.39 is 111 Å². The Kier molecular flexibility index (Phi) is 18.4. The fourth-order valence-corrected chi connectivity index (χ4v) is 10.8. The van der Waals surface area contributed by atoms with E-state index in [0.717, 1.165) is 44.9 Å². The summed E-state index contributed by atoms with van der Waals surface area (Å²) in [7, 11) is 0. The van der Waals surface area contributed by atoms with Gasteiger partial charge in [0, 0.05) is 32.2 Å². The van der Waals surface area contributed by atoms with Crippen LogP contribution in [-0.4, -0.2) is 202 Å². The van der Waals surface area contributed by atoms with Crippen LogP contribution in [0.15, 0.2) is 24.3 Å². The van der Waals surface area contributed by atoms with Crippen LogP contribution < -0.4 is 11.1 Å². The van der Waals surface area contributed by atoms with Gasteiger partial charge in [-0.3, -0.25) is 9.69 Å². The monoisotopic (exact) mass is 963 g/mol. The molecular formula is C43H64F3N5O16. The fraction of sp³-hybridized carbons (Fsp3) is 0.767. The molecule has 1 aromatic carbocycles. The van der Waals surface area contributed by atoms with Gasteiger partial charge in [-0.1, -0.05) is 24.3 Å². The molecule has 24 heteroatoms. The van der Waals surface area contributed by atoms with Crippen LogP contribution in [0.25, 0.3) is 0 Å². The van der Waals surface area contributed by atoms with Crippen LogP contribution in [0.1, 0.15) is 62.5 Å². The first-order valence-corrected chi connectivity index (χ1v) is 22.3. The number of carboxylic acids is 1. The summed E-state index contributed by atoms with van der Waals surface area (Å²) in [6.45, 7) is -2.29. The van der Waals surface area contributed by atoms with E-state index in [1.165, 1.54) is 4.90 Å². The van der Waals surface area contributed by atoms with Gasteiger partial charge in [0.2, 0.25) is 5.91 Å². The number of hydrogen-bond donors (Lipinski definition) is 13. The number of nitrogens with one attached hydrogen (secondary N) is 1. The van der Waals surface area contributed by atoms with Gasteiger partial charge in [-0.25, -0.2) is 9.59 Å². The lowest BCUT2D eigenvalue weighted by atomic mass is 9.46. The minimum Gasteiger partial charge on any atom is -0.475 e. The molecule has 6 aliphatic rings. The summed E-state index contributed by atoms with van der Waals surface area (Å²) < 4.78 is 43.7. The average Bonchev–Trinajstić information content (AvgIpc) is 3.95. The molecule has 0 spiro atoms. The van der Waals surface area contributed by atoms with Crippen molar-refractivity contribution < 1.29 is 93.2 Å². The zero-order chi connectivity index (χ0) is 49.6. The summed E-state index contributed by atoms with van der Waals surface area (Å²) in [5, 5.41) is 119. The van der Waals surface area contributed by atoms with Crippen molar-refractivity contribution in [2.75, 3.05) is 39.5 Å². The number of aliphatic hydroxyl groups is 10. The largest absolute Gasteiger partial charge is 0.490 e. The van der Waals surface area contributed by atoms with E-state index in [2.05, 4.69) is 11.4 Å². The number of ether oxygens (including phenoxy) is 2. The van der Waals surface area contributed by atoms with Gasteiger partial charge in [0.1, 0.15) is 49.3 Å². The normalized spacial score (nSPS) is 30.1. The summed E-state index contributed by atoms with van der Waals surface area (Å²) in [5.41, 5.74) is 7.34. The molecule has 6 fully saturated rings. The number of nitriles is 1. The molecule has 1 aromatic rings. The smallest absolute Gasteiger partial charge is 0.475 e. The number of carboxylic acid groups (broad SMARTS) is 1. The standard InChI is InChI=1S/C41H63N5O14.C2HF3O2/c42-14-27-8-26-9-28(26)46(27)38(57)37(43)40-10-24-7-25(11-40)13-41(12-24,21-40)60-6-5-59-39(58)44-15-22-1-3-23(4-2-22)16-45(17-29(49)33(53)35(55)31(51)19-47)18-30(50)34(54)36(56)32(52)20-48;3-2(4,5)1(6)7/h1-4,24-37,47-56H,5-13,15-21,43H2,(H,44,58);(H,6,7)/t24-,25?,26+,27-,28-,29-,30-,31+,32+,33+,34+,35+,36+,37+,40?,41?;/m0./s1. The van der Waals surface area contributed by atoms with Crippen molar-refractivity contribution in [2.45, 2.75) is 143 Å². The first-order valence-electron chi connectivity index (χ1n) is 22.3. The lowest BCUT2D eigenvalue weighted by Gasteiger charge is -2.63. The van der Waals surface area contributed by atoms with Crippen molar-refractivity contribution in [3.63, 3.8) is 0 Å². The number of likely N-dealkylation sites (tertiary alicyclic amines) is 1. The molecule has 16 atom stereocenters. The molecule has 14 N–H and O–H groups in total. The number of carbonyl (C=O) groups is 3. The fourth-order valence-electron chi connectivity index (χ4n) is 10.8. The number of fused-ring (bicyclic) bond motifs is 1. The number of aliphatic carboxylic acids is 1. The molecule has 67 heavy (non-hydrogen) atoms. The molecule has 0 aromatic heterocycles. The van der Waals surface area contributed by atoms with E-state index in [0.29, 0.717) is 35.3 Å². The topological polar surface area (TPSA) is 361 Å². The minimum atomic E-state index is -5.08. The molecule has 5 saturated carbocycles. The SMILES string of the molecule is N#C[C@@H]1C[C@@H]2C[C@@H]2N1C(=O)[C@@H](N)C12CC3C[C@H](CC(OCCOC(=O)NCc4ccc(CN(C[C@H](O)[C@@H](O)[C@H](O)[C@H](O)CO)C[C@H](O)[C@@H](O)[C@H](O)[C@H](O)CO)cc4)(C3)C1)C2.O=C(O)C(F)(F)F. The number of carbonyl (C=O) groups excluding carboxylic acids is 2. The third-order valence-electron chi connectivity index (χ3n) is 13.9. The van der Waals surface area contributed by atoms with E-state index in [-0.39, 0.29) is 43.7 Å². The number of piperidine rings is 1. The molecule has 7 rings (SSSR count). The van der Waals surface area contributed by atoms with Crippen LogP contribution in [0.2, 0.25) is 0 Å². The molecule has 21 nitrogen and oxygen atoms in total. The van der Waals surface area contributed by atoms with Crippen LogP contribution in [0.4, 0.5) is 18.0 Å². The van der Waals surface area contributed by atoms with Gasteiger partial charge in [-0.05, 0) is 85.7 Å². The predicted molar refractivity (Wildman–Crippen MR) is 222 cm³/mol. The molecule has 4 bridgehead atoms. The number of amides is 2. The van der Waals surface area contributed by atoms with Crippen molar-refractivity contribution >= 4 is 18.0 Å². The first-order chi connectivity index (χ1) is 31.5. The molecule has 1 aliphatic heterocycles. The van der Waals surface area contributed by atoms with Gasteiger partial charge in [0.05, 0.1) is 49.7 Å². The number of nitrogens with zero attached hydrogens (tertiary/aromatic N) is 3. The van der Waals surface area contributed by atoms with Gasteiger partial charge in [0.25, 0.3) is 0 Å². The summed E-state index contributed by atoms with van der Waals surface area (Å²) >= 11 is 0. The second-order valence-corrected chi connectivity index (χ2v) is 18.9. The molecule has 0 radical (unpaired) electrons. The number of halogens is 3. The molecule has 1 saturated heterocycles.